The van der Waals surface area contributed by atoms with E-state index in [9.17, 15) is 13.2 Å². The fraction of sp³-hybridized carbons (Fsp3) is 0.0952. The van der Waals surface area contributed by atoms with E-state index >= 15 is 0 Å². The number of para-hydroxylation sites is 1. The number of hydrogen-bond acceptors (Lipinski definition) is 4. The molecule has 2 N–H and O–H groups in total. The molecular formula is C21H19ClN2O4S. The number of ether oxygens (including phenoxy) is 1. The number of benzene rings is 3. The Hall–Kier alpha value is -2.87. The number of amides is 1. The highest BCUT2D eigenvalue weighted by Crippen LogP contribution is 2.25. The molecule has 0 saturated heterocycles. The molecule has 0 bridgehead atoms. The van der Waals surface area contributed by atoms with Crippen LogP contribution in [0.25, 0.3) is 0 Å². The third-order valence-electron chi connectivity index (χ3n) is 4.05. The van der Waals surface area contributed by atoms with Crippen molar-refractivity contribution in [2.24, 2.45) is 0 Å². The summed E-state index contributed by atoms with van der Waals surface area (Å²) in [5.74, 6) is -0.345. The number of methoxy groups -OCH3 is 1. The molecule has 29 heavy (non-hydrogen) atoms. The maximum Gasteiger partial charge on any atom is 0.262 e. The van der Waals surface area contributed by atoms with Gasteiger partial charge in [-0.3, -0.25) is 9.52 Å². The van der Waals surface area contributed by atoms with E-state index in [1.165, 1.54) is 12.1 Å². The first kappa shape index (κ1) is 20.9. The highest BCUT2D eigenvalue weighted by Gasteiger charge is 2.17. The average molecular weight is 431 g/mol. The smallest absolute Gasteiger partial charge is 0.262 e. The van der Waals surface area contributed by atoms with Gasteiger partial charge in [-0.15, -0.1) is 0 Å². The van der Waals surface area contributed by atoms with E-state index in [-0.39, 0.29) is 21.5 Å². The molecular weight excluding hydrogens is 412 g/mol. The van der Waals surface area contributed by atoms with Crippen molar-refractivity contribution in [1.82, 2.24) is 0 Å². The molecule has 3 aromatic rings. The van der Waals surface area contributed by atoms with E-state index < -0.39 is 10.0 Å². The number of carbonyl (C=O) groups is 1. The number of halogens is 1. The molecule has 0 aliphatic carbocycles. The van der Waals surface area contributed by atoms with Crippen LogP contribution >= 0.6 is 11.6 Å². The Morgan fingerprint density at radius 1 is 1.00 bits per heavy atom. The summed E-state index contributed by atoms with van der Waals surface area (Å²) in [5.41, 5.74) is 2.04. The second-order valence-electron chi connectivity index (χ2n) is 6.20. The van der Waals surface area contributed by atoms with Crippen LogP contribution in [0.5, 0.6) is 0 Å². The molecule has 0 unspecified atom stereocenters. The number of anilines is 2. The van der Waals surface area contributed by atoms with Crippen LogP contribution in [0.2, 0.25) is 5.02 Å². The molecule has 0 heterocycles. The fourth-order valence-electron chi connectivity index (χ4n) is 2.61. The average Bonchev–Trinajstić information content (AvgIpc) is 2.70. The molecule has 150 valence electrons. The zero-order valence-electron chi connectivity index (χ0n) is 15.6. The molecule has 6 nitrogen and oxygen atoms in total. The van der Waals surface area contributed by atoms with Crippen LogP contribution < -0.4 is 10.0 Å². The Bertz CT molecular complexity index is 1120. The van der Waals surface area contributed by atoms with Crippen LogP contribution in [0.4, 0.5) is 11.4 Å². The first-order chi connectivity index (χ1) is 13.9. The minimum absolute atomic E-state index is 0.00524. The maximum absolute atomic E-state index is 12.7. The third-order valence-corrected chi connectivity index (χ3v) is 5.74. The molecule has 0 radical (unpaired) electrons. The SMILES string of the molecule is COCc1ccc(C(=O)Nc2cccc(S(=O)(=O)Nc3ccccc3Cl)c2)cc1. The van der Waals surface area contributed by atoms with Crippen molar-refractivity contribution in [3.05, 3.63) is 88.9 Å². The summed E-state index contributed by atoms with van der Waals surface area (Å²) >= 11 is 6.02. The van der Waals surface area contributed by atoms with E-state index in [1.54, 1.807) is 67.8 Å². The summed E-state index contributed by atoms with van der Waals surface area (Å²) in [6, 6.07) is 19.5. The van der Waals surface area contributed by atoms with Gasteiger partial charge in [0.1, 0.15) is 0 Å². The highest BCUT2D eigenvalue weighted by atomic mass is 35.5. The van der Waals surface area contributed by atoms with Crippen LogP contribution in [0.3, 0.4) is 0 Å². The lowest BCUT2D eigenvalue weighted by Gasteiger charge is -2.11. The van der Waals surface area contributed by atoms with Gasteiger partial charge in [0.15, 0.2) is 0 Å². The Morgan fingerprint density at radius 2 is 1.72 bits per heavy atom. The van der Waals surface area contributed by atoms with Gasteiger partial charge in [-0.25, -0.2) is 8.42 Å². The zero-order chi connectivity index (χ0) is 20.9. The van der Waals surface area contributed by atoms with Gasteiger partial charge in [-0.1, -0.05) is 41.9 Å². The Balaban J connectivity index is 1.76. The zero-order valence-corrected chi connectivity index (χ0v) is 17.1. The fourth-order valence-corrected chi connectivity index (χ4v) is 3.98. The van der Waals surface area contributed by atoms with Gasteiger partial charge in [0.05, 0.1) is 22.2 Å². The van der Waals surface area contributed by atoms with Crippen molar-refractivity contribution < 1.29 is 17.9 Å². The molecule has 3 aromatic carbocycles. The lowest BCUT2D eigenvalue weighted by atomic mass is 10.1. The number of carbonyl (C=O) groups excluding carboxylic acids is 1. The van der Waals surface area contributed by atoms with Crippen LogP contribution in [0.15, 0.2) is 77.7 Å². The van der Waals surface area contributed by atoms with Crippen molar-refractivity contribution in [3.8, 4) is 0 Å². The second kappa shape index (κ2) is 9.09. The molecule has 1 amide bonds. The van der Waals surface area contributed by atoms with E-state index in [0.29, 0.717) is 17.9 Å². The first-order valence-corrected chi connectivity index (χ1v) is 10.5. The van der Waals surface area contributed by atoms with E-state index in [1.807, 2.05) is 0 Å². The van der Waals surface area contributed by atoms with Gasteiger partial charge in [0.2, 0.25) is 0 Å². The van der Waals surface area contributed by atoms with Gasteiger partial charge in [0.25, 0.3) is 15.9 Å². The van der Waals surface area contributed by atoms with Crippen LogP contribution in [-0.2, 0) is 21.4 Å². The van der Waals surface area contributed by atoms with Gasteiger partial charge in [0, 0.05) is 18.4 Å². The van der Waals surface area contributed by atoms with Crippen molar-refractivity contribution in [3.63, 3.8) is 0 Å². The molecule has 0 saturated carbocycles. The molecule has 3 rings (SSSR count). The summed E-state index contributed by atoms with van der Waals surface area (Å²) in [4.78, 5) is 12.5. The molecule has 0 fully saturated rings. The third kappa shape index (κ3) is 5.35. The molecule has 0 aliphatic rings. The van der Waals surface area contributed by atoms with Gasteiger partial charge in [-0.2, -0.15) is 0 Å². The predicted octanol–water partition coefficient (Wildman–Crippen LogP) is 4.54. The van der Waals surface area contributed by atoms with Crippen molar-refractivity contribution in [1.29, 1.82) is 0 Å². The second-order valence-corrected chi connectivity index (χ2v) is 8.29. The normalized spacial score (nSPS) is 11.1. The highest BCUT2D eigenvalue weighted by molar-refractivity contribution is 7.92. The molecule has 0 atom stereocenters. The number of sulfonamides is 1. The predicted molar refractivity (Wildman–Crippen MR) is 114 cm³/mol. The summed E-state index contributed by atoms with van der Waals surface area (Å²) < 4.78 is 32.8. The van der Waals surface area contributed by atoms with Crippen LogP contribution in [0, 0.1) is 0 Å². The standard InChI is InChI=1S/C21H19ClN2O4S/c1-28-14-15-9-11-16(12-10-15)21(25)23-17-5-4-6-18(13-17)29(26,27)24-20-8-3-2-7-19(20)22/h2-13,24H,14H2,1H3,(H,23,25). The molecule has 8 heteroatoms. The maximum atomic E-state index is 12.7. The minimum Gasteiger partial charge on any atom is -0.380 e. The molecule has 0 aliphatic heterocycles. The monoisotopic (exact) mass is 430 g/mol. The van der Waals surface area contributed by atoms with Gasteiger partial charge in [-0.05, 0) is 48.0 Å². The van der Waals surface area contributed by atoms with Crippen molar-refractivity contribution in [2.45, 2.75) is 11.5 Å². The Labute approximate surface area is 174 Å². The first-order valence-electron chi connectivity index (χ1n) is 8.66. The Kier molecular flexibility index (Phi) is 6.53. The topological polar surface area (TPSA) is 84.5 Å². The van der Waals surface area contributed by atoms with Crippen LogP contribution in [-0.4, -0.2) is 21.4 Å². The summed E-state index contributed by atoms with van der Waals surface area (Å²) in [6.45, 7) is 0.459. The Morgan fingerprint density at radius 3 is 2.41 bits per heavy atom. The van der Waals surface area contributed by atoms with Crippen molar-refractivity contribution >= 4 is 38.9 Å². The van der Waals surface area contributed by atoms with Crippen molar-refractivity contribution in [2.75, 3.05) is 17.1 Å². The van der Waals surface area contributed by atoms with E-state index in [2.05, 4.69) is 10.0 Å². The van der Waals surface area contributed by atoms with Crippen LogP contribution in [0.1, 0.15) is 15.9 Å². The quantitative estimate of drug-likeness (QED) is 0.576. The van der Waals surface area contributed by atoms with E-state index in [4.69, 9.17) is 16.3 Å². The minimum atomic E-state index is -3.87. The lowest BCUT2D eigenvalue weighted by Crippen LogP contribution is -2.15. The summed E-state index contributed by atoms with van der Waals surface area (Å²) in [5, 5.41) is 3.00. The molecule has 0 spiro atoms. The summed E-state index contributed by atoms with van der Waals surface area (Å²) in [6.07, 6.45) is 0. The van der Waals surface area contributed by atoms with Gasteiger partial charge >= 0.3 is 0 Å². The van der Waals surface area contributed by atoms with E-state index in [0.717, 1.165) is 5.56 Å². The lowest BCUT2D eigenvalue weighted by molar-refractivity contribution is 0.102. The number of rotatable bonds is 7. The number of nitrogens with one attached hydrogen (secondary N) is 2. The molecule has 0 aromatic heterocycles. The van der Waals surface area contributed by atoms with Gasteiger partial charge < -0.3 is 10.1 Å². The largest absolute Gasteiger partial charge is 0.380 e. The summed E-state index contributed by atoms with van der Waals surface area (Å²) in [7, 11) is -2.27. The number of hydrogen-bond donors (Lipinski definition) is 2.